The van der Waals surface area contributed by atoms with Crippen molar-refractivity contribution >= 4 is 11.6 Å². The Bertz CT molecular complexity index is 572. The maximum atomic E-state index is 12.3. The van der Waals surface area contributed by atoms with Crippen LogP contribution in [0.3, 0.4) is 0 Å². The molecule has 0 amide bonds. The minimum absolute atomic E-state index is 0.155. The van der Waals surface area contributed by atoms with Gasteiger partial charge in [-0.15, -0.1) is 0 Å². The second-order valence-corrected chi connectivity index (χ2v) is 6.95. The van der Waals surface area contributed by atoms with Gasteiger partial charge in [-0.25, -0.2) is 0 Å². The molecule has 1 heterocycles. The van der Waals surface area contributed by atoms with Gasteiger partial charge < -0.3 is 5.32 Å². The average Bonchev–Trinajstić information content (AvgIpc) is 2.75. The fourth-order valence-electron chi connectivity index (χ4n) is 4.90. The van der Waals surface area contributed by atoms with Crippen molar-refractivity contribution in [3.05, 3.63) is 22.9 Å². The number of carbonyl (C=O) groups is 2. The van der Waals surface area contributed by atoms with Crippen LogP contribution in [0, 0.1) is 17.3 Å². The molecule has 3 atom stereocenters. The monoisotopic (exact) mass is 271 g/mol. The number of allylic oxidation sites excluding steroid dienone is 4. The van der Waals surface area contributed by atoms with Crippen molar-refractivity contribution < 1.29 is 9.59 Å². The second kappa shape index (κ2) is 4.06. The van der Waals surface area contributed by atoms with E-state index in [2.05, 4.69) is 18.3 Å². The van der Waals surface area contributed by atoms with Crippen LogP contribution in [0.1, 0.15) is 45.4 Å². The molecule has 106 valence electrons. The van der Waals surface area contributed by atoms with E-state index in [1.54, 1.807) is 0 Å². The summed E-state index contributed by atoms with van der Waals surface area (Å²) in [4.78, 5) is 24.5. The summed E-state index contributed by atoms with van der Waals surface area (Å²) in [5, 5.41) is 3.41. The minimum atomic E-state index is -0.155. The summed E-state index contributed by atoms with van der Waals surface area (Å²) in [6.45, 7) is 2.93. The molecule has 0 radical (unpaired) electrons. The molecule has 3 heteroatoms. The Labute approximate surface area is 119 Å². The molecular formula is C17H21NO2. The van der Waals surface area contributed by atoms with Gasteiger partial charge in [0, 0.05) is 36.1 Å². The zero-order chi connectivity index (χ0) is 13.9. The van der Waals surface area contributed by atoms with Crippen LogP contribution >= 0.6 is 0 Å². The molecule has 1 fully saturated rings. The van der Waals surface area contributed by atoms with E-state index >= 15 is 0 Å². The molecule has 0 aromatic heterocycles. The summed E-state index contributed by atoms with van der Waals surface area (Å²) in [5.41, 5.74) is 3.25. The molecule has 20 heavy (non-hydrogen) atoms. The Hall–Kier alpha value is -1.38. The third-order valence-corrected chi connectivity index (χ3v) is 6.03. The van der Waals surface area contributed by atoms with Crippen LogP contribution in [0.2, 0.25) is 0 Å². The Morgan fingerprint density at radius 1 is 1.20 bits per heavy atom. The van der Waals surface area contributed by atoms with E-state index in [1.165, 1.54) is 5.57 Å². The van der Waals surface area contributed by atoms with Gasteiger partial charge in [0.2, 0.25) is 0 Å². The summed E-state index contributed by atoms with van der Waals surface area (Å²) in [6.07, 6.45) is 7.47. The number of hydrogen-bond acceptors (Lipinski definition) is 3. The van der Waals surface area contributed by atoms with Crippen LogP contribution in [0.4, 0.5) is 0 Å². The molecule has 3 nitrogen and oxygen atoms in total. The van der Waals surface area contributed by atoms with E-state index in [0.29, 0.717) is 29.8 Å². The molecular weight excluding hydrogens is 250 g/mol. The molecule has 4 aliphatic rings. The highest BCUT2D eigenvalue weighted by Crippen LogP contribution is 2.56. The van der Waals surface area contributed by atoms with Gasteiger partial charge in [0.1, 0.15) is 5.78 Å². The van der Waals surface area contributed by atoms with Gasteiger partial charge in [-0.2, -0.15) is 0 Å². The maximum Gasteiger partial charge on any atom is 0.166 e. The van der Waals surface area contributed by atoms with Crippen LogP contribution in [0.25, 0.3) is 0 Å². The van der Waals surface area contributed by atoms with E-state index in [-0.39, 0.29) is 5.41 Å². The molecule has 3 aliphatic carbocycles. The number of Topliss-reactive ketones (excluding diaryl/α,β-unsaturated/α-hetero) is 2. The summed E-state index contributed by atoms with van der Waals surface area (Å²) >= 11 is 0. The van der Waals surface area contributed by atoms with Crippen molar-refractivity contribution in [2.45, 2.75) is 45.4 Å². The summed E-state index contributed by atoms with van der Waals surface area (Å²) in [5.74, 6) is 1.63. The number of nitrogens with one attached hydrogen (secondary N) is 1. The number of rotatable bonds is 0. The molecule has 1 N–H and O–H groups in total. The van der Waals surface area contributed by atoms with Crippen LogP contribution in [0.15, 0.2) is 22.9 Å². The summed E-state index contributed by atoms with van der Waals surface area (Å²) < 4.78 is 0. The zero-order valence-electron chi connectivity index (χ0n) is 12.0. The summed E-state index contributed by atoms with van der Waals surface area (Å²) in [7, 11) is 0. The first-order chi connectivity index (χ1) is 9.61. The minimum Gasteiger partial charge on any atom is -0.387 e. The van der Waals surface area contributed by atoms with Gasteiger partial charge in [-0.3, -0.25) is 9.59 Å². The Morgan fingerprint density at radius 2 is 2.05 bits per heavy atom. The molecule has 1 unspecified atom stereocenters. The number of fused-ring (bicyclic) bond motifs is 4. The van der Waals surface area contributed by atoms with Gasteiger partial charge >= 0.3 is 0 Å². The lowest BCUT2D eigenvalue weighted by molar-refractivity contribution is -0.127. The third-order valence-electron chi connectivity index (χ3n) is 6.03. The van der Waals surface area contributed by atoms with E-state index in [1.807, 2.05) is 0 Å². The van der Waals surface area contributed by atoms with Crippen molar-refractivity contribution in [3.8, 4) is 0 Å². The van der Waals surface area contributed by atoms with E-state index in [9.17, 15) is 9.59 Å². The summed E-state index contributed by atoms with van der Waals surface area (Å²) in [6, 6.07) is 0. The fourth-order valence-corrected chi connectivity index (χ4v) is 4.90. The topological polar surface area (TPSA) is 46.2 Å². The van der Waals surface area contributed by atoms with Crippen molar-refractivity contribution in [2.24, 2.45) is 17.3 Å². The molecule has 0 aromatic carbocycles. The Kier molecular flexibility index (Phi) is 2.51. The Morgan fingerprint density at radius 3 is 2.90 bits per heavy atom. The second-order valence-electron chi connectivity index (χ2n) is 6.95. The predicted molar refractivity (Wildman–Crippen MR) is 75.9 cm³/mol. The number of ketones is 2. The molecule has 0 spiro atoms. The van der Waals surface area contributed by atoms with Crippen molar-refractivity contribution in [1.82, 2.24) is 5.32 Å². The lowest BCUT2D eigenvalue weighted by Gasteiger charge is -2.44. The standard InChI is InChI=1S/C17H21NO2/c1-17-8-6-11-10(12(17)3-5-15(17)20)2-4-13-16(11)14(19)7-9-18-13/h6,10,12,18H,2-5,7-9H2,1H3/t10?,12-,17-/m0/s1. The highest BCUT2D eigenvalue weighted by molar-refractivity contribution is 6.02. The smallest absolute Gasteiger partial charge is 0.166 e. The molecule has 1 saturated carbocycles. The molecule has 1 aliphatic heterocycles. The van der Waals surface area contributed by atoms with Crippen LogP contribution in [-0.4, -0.2) is 18.1 Å². The largest absolute Gasteiger partial charge is 0.387 e. The first-order valence-electron chi connectivity index (χ1n) is 7.85. The van der Waals surface area contributed by atoms with Crippen molar-refractivity contribution in [1.29, 1.82) is 0 Å². The van der Waals surface area contributed by atoms with Crippen molar-refractivity contribution in [2.75, 3.05) is 6.54 Å². The van der Waals surface area contributed by atoms with Crippen molar-refractivity contribution in [3.63, 3.8) is 0 Å². The fraction of sp³-hybridized carbons (Fsp3) is 0.647. The lowest BCUT2D eigenvalue weighted by Crippen LogP contribution is -2.41. The quantitative estimate of drug-likeness (QED) is 0.736. The lowest BCUT2D eigenvalue weighted by atomic mass is 9.60. The molecule has 0 saturated heterocycles. The van der Waals surface area contributed by atoms with Gasteiger partial charge in [0.15, 0.2) is 5.78 Å². The van der Waals surface area contributed by atoms with Gasteiger partial charge in [-0.1, -0.05) is 13.0 Å². The molecule has 0 bridgehead atoms. The number of carbonyl (C=O) groups excluding carboxylic acids is 2. The van der Waals surface area contributed by atoms with Crippen LogP contribution in [-0.2, 0) is 9.59 Å². The van der Waals surface area contributed by atoms with Crippen LogP contribution < -0.4 is 5.32 Å². The highest BCUT2D eigenvalue weighted by Gasteiger charge is 2.52. The third kappa shape index (κ3) is 1.46. The van der Waals surface area contributed by atoms with E-state index in [4.69, 9.17) is 0 Å². The van der Waals surface area contributed by atoms with E-state index in [0.717, 1.165) is 49.9 Å². The first-order valence-corrected chi connectivity index (χ1v) is 7.85. The molecule has 0 aromatic rings. The SMILES string of the molecule is C[C@]12CC=C3C4=C(CCC3[C@@H]1CCC2=O)NCCC4=O. The Balaban J connectivity index is 1.79. The van der Waals surface area contributed by atoms with Gasteiger partial charge in [-0.05, 0) is 43.1 Å². The van der Waals surface area contributed by atoms with Crippen LogP contribution in [0.5, 0.6) is 0 Å². The highest BCUT2D eigenvalue weighted by atomic mass is 16.1. The average molecular weight is 271 g/mol. The van der Waals surface area contributed by atoms with Gasteiger partial charge in [0.25, 0.3) is 0 Å². The first kappa shape index (κ1) is 12.4. The van der Waals surface area contributed by atoms with E-state index < -0.39 is 0 Å². The number of hydrogen-bond donors (Lipinski definition) is 1. The maximum absolute atomic E-state index is 12.3. The molecule has 4 rings (SSSR count). The normalized spacial score (nSPS) is 39.8. The van der Waals surface area contributed by atoms with Gasteiger partial charge in [0.05, 0.1) is 0 Å². The predicted octanol–water partition coefficient (Wildman–Crippen LogP) is 2.53. The zero-order valence-corrected chi connectivity index (χ0v) is 12.0.